The molecule has 0 aliphatic carbocycles. The van der Waals surface area contributed by atoms with E-state index in [1.165, 1.54) is 0 Å². The molecule has 3 rings (SSSR count). The third-order valence-corrected chi connectivity index (χ3v) is 3.51. The molecular formula is C16H13ClN4. The molecule has 21 heavy (non-hydrogen) atoms. The Morgan fingerprint density at radius 3 is 2.52 bits per heavy atom. The fourth-order valence-corrected chi connectivity index (χ4v) is 2.48. The summed E-state index contributed by atoms with van der Waals surface area (Å²) in [5.74, 6) is -0.0765. The largest absolute Gasteiger partial charge is 0.384 e. The van der Waals surface area contributed by atoms with Crippen LogP contribution in [0.25, 0.3) is 16.8 Å². The molecule has 4 nitrogen and oxygen atoms in total. The molecule has 1 heterocycles. The molecule has 3 aromatic rings. The number of nitrogens with one attached hydrogen (secondary N) is 1. The first-order chi connectivity index (χ1) is 10.2. The number of hydrogen-bond donors (Lipinski definition) is 2. The molecule has 0 bridgehead atoms. The molecule has 0 fully saturated rings. The number of nitrogens with zero attached hydrogens (tertiary/aromatic N) is 2. The van der Waals surface area contributed by atoms with Gasteiger partial charge in [0.05, 0.1) is 22.5 Å². The van der Waals surface area contributed by atoms with Crippen LogP contribution in [0, 0.1) is 5.41 Å². The fourth-order valence-electron chi connectivity index (χ4n) is 2.20. The summed E-state index contributed by atoms with van der Waals surface area (Å²) in [5.41, 5.74) is 8.88. The Balaban J connectivity index is 2.09. The third kappa shape index (κ3) is 2.53. The summed E-state index contributed by atoms with van der Waals surface area (Å²) in [6.45, 7) is 0. The van der Waals surface area contributed by atoms with Gasteiger partial charge in [0.25, 0.3) is 0 Å². The highest BCUT2D eigenvalue weighted by Gasteiger charge is 2.12. The molecule has 3 N–H and O–H groups in total. The van der Waals surface area contributed by atoms with Crippen molar-refractivity contribution in [3.63, 3.8) is 0 Å². The zero-order valence-corrected chi connectivity index (χ0v) is 11.9. The van der Waals surface area contributed by atoms with Crippen LogP contribution < -0.4 is 5.73 Å². The lowest BCUT2D eigenvalue weighted by Crippen LogP contribution is -2.15. The summed E-state index contributed by atoms with van der Waals surface area (Å²) >= 11 is 6.14. The molecule has 0 spiro atoms. The zero-order chi connectivity index (χ0) is 14.8. The van der Waals surface area contributed by atoms with E-state index in [0.29, 0.717) is 16.3 Å². The van der Waals surface area contributed by atoms with Crippen molar-refractivity contribution in [2.24, 2.45) is 5.73 Å². The van der Waals surface area contributed by atoms with E-state index in [1.54, 1.807) is 16.9 Å². The van der Waals surface area contributed by atoms with E-state index in [2.05, 4.69) is 5.10 Å². The molecular weight excluding hydrogens is 284 g/mol. The Kier molecular flexibility index (Phi) is 3.46. The first-order valence-electron chi connectivity index (χ1n) is 6.40. The molecule has 0 radical (unpaired) electrons. The minimum atomic E-state index is -0.0765. The summed E-state index contributed by atoms with van der Waals surface area (Å²) in [6, 6.07) is 15.3. The summed E-state index contributed by atoms with van der Waals surface area (Å²) < 4.78 is 1.69. The van der Waals surface area contributed by atoms with Crippen molar-refractivity contribution in [1.29, 1.82) is 5.41 Å². The molecule has 0 saturated heterocycles. The third-order valence-electron chi connectivity index (χ3n) is 3.20. The van der Waals surface area contributed by atoms with E-state index in [-0.39, 0.29) is 5.84 Å². The van der Waals surface area contributed by atoms with Crippen LogP contribution in [0.15, 0.2) is 60.9 Å². The Morgan fingerprint density at radius 1 is 1.05 bits per heavy atom. The van der Waals surface area contributed by atoms with Gasteiger partial charge in [0.1, 0.15) is 5.84 Å². The van der Waals surface area contributed by atoms with E-state index < -0.39 is 0 Å². The van der Waals surface area contributed by atoms with Gasteiger partial charge >= 0.3 is 0 Å². The van der Waals surface area contributed by atoms with Gasteiger partial charge in [-0.1, -0.05) is 48.0 Å². The van der Waals surface area contributed by atoms with Crippen LogP contribution in [0.3, 0.4) is 0 Å². The number of hydrogen-bond acceptors (Lipinski definition) is 2. The van der Waals surface area contributed by atoms with Gasteiger partial charge in [0, 0.05) is 11.8 Å². The first-order valence-corrected chi connectivity index (χ1v) is 6.78. The molecule has 0 amide bonds. The van der Waals surface area contributed by atoms with E-state index in [9.17, 15) is 0 Å². The van der Waals surface area contributed by atoms with Crippen molar-refractivity contribution in [3.8, 4) is 16.8 Å². The molecule has 1 aromatic heterocycles. The lowest BCUT2D eigenvalue weighted by atomic mass is 10.1. The van der Waals surface area contributed by atoms with Gasteiger partial charge in [-0.25, -0.2) is 4.68 Å². The summed E-state index contributed by atoms with van der Waals surface area (Å²) in [6.07, 6.45) is 3.67. The van der Waals surface area contributed by atoms with Gasteiger partial charge in [-0.3, -0.25) is 5.41 Å². The SMILES string of the molecule is N=C(N)c1c(Cl)cccc1-n1cc(-c2ccccc2)cn1. The second-order valence-corrected chi connectivity index (χ2v) is 4.99. The number of amidine groups is 1. The summed E-state index contributed by atoms with van der Waals surface area (Å²) in [7, 11) is 0. The number of aromatic nitrogens is 2. The van der Waals surface area contributed by atoms with Crippen molar-refractivity contribution < 1.29 is 0 Å². The predicted molar refractivity (Wildman–Crippen MR) is 85.0 cm³/mol. The molecule has 0 aliphatic heterocycles. The Bertz CT molecular complexity index is 793. The number of rotatable bonds is 3. The first kappa shape index (κ1) is 13.4. The van der Waals surface area contributed by atoms with Crippen LogP contribution >= 0.6 is 11.6 Å². The number of nitrogens with two attached hydrogens (primary N) is 1. The van der Waals surface area contributed by atoms with Crippen LogP contribution in [-0.4, -0.2) is 15.6 Å². The van der Waals surface area contributed by atoms with Crippen LogP contribution in [-0.2, 0) is 0 Å². The van der Waals surface area contributed by atoms with E-state index in [4.69, 9.17) is 22.7 Å². The average molecular weight is 297 g/mol. The summed E-state index contributed by atoms with van der Waals surface area (Å²) in [4.78, 5) is 0. The minimum Gasteiger partial charge on any atom is -0.384 e. The molecule has 2 aromatic carbocycles. The second-order valence-electron chi connectivity index (χ2n) is 4.59. The Hall–Kier alpha value is -2.59. The van der Waals surface area contributed by atoms with E-state index >= 15 is 0 Å². The van der Waals surface area contributed by atoms with Gasteiger partial charge in [0.2, 0.25) is 0 Å². The highest BCUT2D eigenvalue weighted by molar-refractivity contribution is 6.34. The normalized spacial score (nSPS) is 10.5. The zero-order valence-electron chi connectivity index (χ0n) is 11.1. The molecule has 5 heteroatoms. The van der Waals surface area contributed by atoms with Gasteiger partial charge < -0.3 is 5.73 Å². The van der Waals surface area contributed by atoms with Crippen LogP contribution in [0.4, 0.5) is 0 Å². The predicted octanol–water partition coefficient (Wildman–Crippen LogP) is 3.48. The maximum atomic E-state index is 7.69. The molecule has 0 unspecified atom stereocenters. The Morgan fingerprint density at radius 2 is 1.81 bits per heavy atom. The Labute approximate surface area is 127 Å². The average Bonchev–Trinajstić information content (AvgIpc) is 2.97. The number of nitrogen functional groups attached to an aromatic ring is 1. The number of halogens is 1. The van der Waals surface area contributed by atoms with Crippen molar-refractivity contribution in [1.82, 2.24) is 9.78 Å². The maximum absolute atomic E-state index is 7.69. The highest BCUT2D eigenvalue weighted by Crippen LogP contribution is 2.25. The lowest BCUT2D eigenvalue weighted by molar-refractivity contribution is 0.878. The van der Waals surface area contributed by atoms with Gasteiger partial charge in [-0.05, 0) is 17.7 Å². The highest BCUT2D eigenvalue weighted by atomic mass is 35.5. The smallest absolute Gasteiger partial charge is 0.126 e. The van der Waals surface area contributed by atoms with Crippen LogP contribution in [0.5, 0.6) is 0 Å². The van der Waals surface area contributed by atoms with E-state index in [1.807, 2.05) is 48.7 Å². The van der Waals surface area contributed by atoms with Crippen LogP contribution in [0.2, 0.25) is 5.02 Å². The van der Waals surface area contributed by atoms with Crippen LogP contribution in [0.1, 0.15) is 5.56 Å². The molecule has 0 saturated carbocycles. The monoisotopic (exact) mass is 296 g/mol. The van der Waals surface area contributed by atoms with Crippen molar-refractivity contribution in [3.05, 3.63) is 71.5 Å². The standard InChI is InChI=1S/C16H13ClN4/c17-13-7-4-8-14(15(13)16(18)19)21-10-12(9-20-21)11-5-2-1-3-6-11/h1-10H,(H3,18,19). The molecule has 104 valence electrons. The van der Waals surface area contributed by atoms with Gasteiger partial charge in [-0.2, -0.15) is 5.10 Å². The topological polar surface area (TPSA) is 67.7 Å². The van der Waals surface area contributed by atoms with Crippen molar-refractivity contribution in [2.75, 3.05) is 0 Å². The van der Waals surface area contributed by atoms with Crippen molar-refractivity contribution >= 4 is 17.4 Å². The van der Waals surface area contributed by atoms with E-state index in [0.717, 1.165) is 11.1 Å². The van der Waals surface area contributed by atoms with Crippen molar-refractivity contribution in [2.45, 2.75) is 0 Å². The maximum Gasteiger partial charge on any atom is 0.126 e. The molecule has 0 aliphatic rings. The fraction of sp³-hybridized carbons (Fsp3) is 0. The second kappa shape index (κ2) is 5.42. The minimum absolute atomic E-state index is 0.0765. The van der Waals surface area contributed by atoms with Gasteiger partial charge in [-0.15, -0.1) is 0 Å². The van der Waals surface area contributed by atoms with Gasteiger partial charge in [0.15, 0.2) is 0 Å². The number of benzene rings is 2. The quantitative estimate of drug-likeness (QED) is 0.574. The lowest BCUT2D eigenvalue weighted by Gasteiger charge is -2.09. The molecule has 0 atom stereocenters. The summed E-state index contributed by atoms with van der Waals surface area (Å²) in [5, 5.41) is 12.5.